The number of aliphatic carboxylic acids is 1. The third kappa shape index (κ3) is 5.15. The number of rotatable bonds is 8. The molecule has 3 N–H and O–H groups in total. The Morgan fingerprint density at radius 2 is 1.60 bits per heavy atom. The fraction of sp³-hybridized carbons (Fsp3) is 0.192. The second kappa shape index (κ2) is 10.4. The first kappa shape index (κ1) is 23.9. The van der Waals surface area contributed by atoms with Gasteiger partial charge in [0.15, 0.2) is 0 Å². The van der Waals surface area contributed by atoms with Crippen LogP contribution in [0.4, 0.5) is 14.9 Å². The van der Waals surface area contributed by atoms with Crippen LogP contribution < -0.4 is 5.32 Å². The van der Waals surface area contributed by atoms with Crippen LogP contribution in [0.1, 0.15) is 27.4 Å². The van der Waals surface area contributed by atoms with Crippen molar-refractivity contribution >= 4 is 23.7 Å². The molecule has 1 aliphatic carbocycles. The zero-order valence-corrected chi connectivity index (χ0v) is 18.6. The number of anilines is 1. The Bertz CT molecular complexity index is 1230. The van der Waals surface area contributed by atoms with Gasteiger partial charge in [0.25, 0.3) is 5.91 Å². The first-order chi connectivity index (χ1) is 16.9. The van der Waals surface area contributed by atoms with Crippen molar-refractivity contribution in [3.63, 3.8) is 0 Å². The maximum atomic E-state index is 14.6. The number of nitrogens with one attached hydrogen (secondary N) is 1. The van der Waals surface area contributed by atoms with Gasteiger partial charge >= 0.3 is 12.1 Å². The third-order valence-electron chi connectivity index (χ3n) is 5.77. The minimum absolute atomic E-state index is 0.0724. The quantitative estimate of drug-likeness (QED) is 0.455. The van der Waals surface area contributed by atoms with Crippen molar-refractivity contribution in [2.45, 2.75) is 5.92 Å². The van der Waals surface area contributed by atoms with Crippen LogP contribution in [0, 0.1) is 5.82 Å². The molecule has 0 spiro atoms. The molecule has 0 unspecified atom stereocenters. The Kier molecular flexibility index (Phi) is 7.07. The fourth-order valence-corrected chi connectivity index (χ4v) is 4.23. The van der Waals surface area contributed by atoms with Crippen molar-refractivity contribution in [3.8, 4) is 11.1 Å². The zero-order valence-electron chi connectivity index (χ0n) is 18.6. The largest absolute Gasteiger partial charge is 0.480 e. The van der Waals surface area contributed by atoms with E-state index in [-0.39, 0.29) is 30.3 Å². The summed E-state index contributed by atoms with van der Waals surface area (Å²) >= 11 is 0. The monoisotopic (exact) mass is 478 g/mol. The summed E-state index contributed by atoms with van der Waals surface area (Å²) in [5.41, 5.74) is 4.00. The summed E-state index contributed by atoms with van der Waals surface area (Å²) in [4.78, 5) is 36.7. The highest BCUT2D eigenvalue weighted by Gasteiger charge is 2.29. The topological polar surface area (TPSA) is 116 Å². The maximum Gasteiger partial charge on any atom is 0.411 e. The van der Waals surface area contributed by atoms with E-state index in [1.165, 1.54) is 6.07 Å². The van der Waals surface area contributed by atoms with E-state index in [2.05, 4.69) is 5.32 Å². The van der Waals surface area contributed by atoms with Crippen LogP contribution in [-0.4, -0.2) is 59.4 Å². The van der Waals surface area contributed by atoms with Gasteiger partial charge in [-0.15, -0.1) is 0 Å². The lowest BCUT2D eigenvalue weighted by atomic mass is 9.98. The van der Waals surface area contributed by atoms with Gasteiger partial charge in [-0.2, -0.15) is 0 Å². The van der Waals surface area contributed by atoms with Crippen LogP contribution in [-0.2, 0) is 9.53 Å². The van der Waals surface area contributed by atoms with Crippen LogP contribution in [0.25, 0.3) is 11.1 Å². The molecule has 0 aliphatic heterocycles. The third-order valence-corrected chi connectivity index (χ3v) is 5.77. The molecule has 0 bridgehead atoms. The predicted octanol–water partition coefficient (Wildman–Crippen LogP) is 3.71. The molecule has 9 heteroatoms. The summed E-state index contributed by atoms with van der Waals surface area (Å²) in [7, 11) is 0. The van der Waals surface area contributed by atoms with Crippen molar-refractivity contribution in [2.24, 2.45) is 0 Å². The summed E-state index contributed by atoms with van der Waals surface area (Å²) in [6, 6.07) is 19.2. The number of carbonyl (C=O) groups excluding carboxylic acids is 2. The lowest BCUT2D eigenvalue weighted by Crippen LogP contribution is -2.38. The summed E-state index contributed by atoms with van der Waals surface area (Å²) in [5, 5.41) is 20.4. The number of nitrogens with zero attached hydrogens (tertiary/aromatic N) is 1. The number of carbonyl (C=O) groups is 3. The average Bonchev–Trinajstić information content (AvgIpc) is 3.16. The molecule has 2 amide bonds. The molecule has 0 saturated heterocycles. The van der Waals surface area contributed by atoms with Gasteiger partial charge in [0.05, 0.1) is 12.2 Å². The highest BCUT2D eigenvalue weighted by atomic mass is 19.1. The highest BCUT2D eigenvalue weighted by Crippen LogP contribution is 2.44. The first-order valence-corrected chi connectivity index (χ1v) is 10.9. The lowest BCUT2D eigenvalue weighted by molar-refractivity contribution is -0.137. The molecule has 3 aromatic carbocycles. The summed E-state index contributed by atoms with van der Waals surface area (Å²) < 4.78 is 20.0. The number of benzene rings is 3. The van der Waals surface area contributed by atoms with E-state index < -0.39 is 36.9 Å². The van der Waals surface area contributed by atoms with Gasteiger partial charge in [-0.05, 0) is 40.5 Å². The zero-order chi connectivity index (χ0) is 24.9. The standard InChI is InChI=1S/C26H23FN2O6/c27-23-13-16(9-10-21(23)25(33)29(11-12-30)14-24(31)32)28-26(34)35-15-22-19-7-3-1-5-17(19)18-6-2-4-8-20(18)22/h1-10,13,22,30H,11-12,14-15H2,(H,28,34)(H,31,32). The van der Waals surface area contributed by atoms with Crippen molar-refractivity contribution in [3.05, 3.63) is 89.2 Å². The van der Waals surface area contributed by atoms with Crippen molar-refractivity contribution in [1.29, 1.82) is 0 Å². The summed E-state index contributed by atoms with van der Waals surface area (Å²) in [6.45, 7) is -1.32. The average molecular weight is 478 g/mol. The number of ether oxygens (including phenoxy) is 1. The smallest absolute Gasteiger partial charge is 0.411 e. The molecule has 1 aliphatic rings. The Balaban J connectivity index is 1.42. The molecule has 0 fully saturated rings. The molecule has 8 nitrogen and oxygen atoms in total. The molecular weight excluding hydrogens is 455 g/mol. The Morgan fingerprint density at radius 1 is 0.971 bits per heavy atom. The van der Waals surface area contributed by atoms with Gasteiger partial charge < -0.3 is 19.8 Å². The number of aliphatic hydroxyl groups excluding tert-OH is 1. The van der Waals surface area contributed by atoms with E-state index >= 15 is 0 Å². The second-order valence-electron chi connectivity index (χ2n) is 7.99. The number of aliphatic hydroxyl groups is 1. The lowest BCUT2D eigenvalue weighted by Gasteiger charge is -2.20. The molecule has 0 aromatic heterocycles. The molecule has 35 heavy (non-hydrogen) atoms. The van der Waals surface area contributed by atoms with E-state index in [0.717, 1.165) is 39.3 Å². The van der Waals surface area contributed by atoms with Crippen LogP contribution >= 0.6 is 0 Å². The van der Waals surface area contributed by atoms with E-state index in [1.54, 1.807) is 0 Å². The Hall–Kier alpha value is -4.24. The van der Waals surface area contributed by atoms with Crippen molar-refractivity contribution < 1.29 is 33.7 Å². The predicted molar refractivity (Wildman–Crippen MR) is 126 cm³/mol. The van der Waals surface area contributed by atoms with E-state index in [4.69, 9.17) is 14.9 Å². The molecule has 0 saturated carbocycles. The van der Waals surface area contributed by atoms with Gasteiger partial charge in [-0.1, -0.05) is 48.5 Å². The Labute approximate surface area is 200 Å². The van der Waals surface area contributed by atoms with E-state index in [1.807, 2.05) is 48.5 Å². The normalized spacial score (nSPS) is 11.9. The fourth-order valence-electron chi connectivity index (χ4n) is 4.23. The number of carboxylic acid groups (broad SMARTS) is 1. The van der Waals surface area contributed by atoms with Gasteiger partial charge in [-0.25, -0.2) is 9.18 Å². The van der Waals surface area contributed by atoms with E-state index in [0.29, 0.717) is 0 Å². The molecule has 0 radical (unpaired) electrons. The summed E-state index contributed by atoms with van der Waals surface area (Å²) in [6.07, 6.45) is -0.780. The van der Waals surface area contributed by atoms with E-state index in [9.17, 15) is 18.8 Å². The van der Waals surface area contributed by atoms with Gasteiger partial charge in [0.2, 0.25) is 0 Å². The molecule has 4 rings (SSSR count). The minimum atomic E-state index is -1.29. The minimum Gasteiger partial charge on any atom is -0.480 e. The van der Waals surface area contributed by atoms with Crippen molar-refractivity contribution in [1.82, 2.24) is 4.90 Å². The number of fused-ring (bicyclic) bond motifs is 3. The first-order valence-electron chi connectivity index (χ1n) is 10.9. The summed E-state index contributed by atoms with van der Waals surface area (Å²) in [5.74, 6) is -3.25. The van der Waals surface area contributed by atoms with Crippen LogP contribution in [0.5, 0.6) is 0 Å². The van der Waals surface area contributed by atoms with Crippen LogP contribution in [0.3, 0.4) is 0 Å². The van der Waals surface area contributed by atoms with Crippen molar-refractivity contribution in [2.75, 3.05) is 31.6 Å². The molecule has 3 aromatic rings. The van der Waals surface area contributed by atoms with Crippen LogP contribution in [0.15, 0.2) is 66.7 Å². The maximum absolute atomic E-state index is 14.6. The van der Waals surface area contributed by atoms with Gasteiger partial charge in [0, 0.05) is 18.2 Å². The number of carboxylic acids is 1. The molecule has 0 atom stereocenters. The second-order valence-corrected chi connectivity index (χ2v) is 7.99. The van der Waals surface area contributed by atoms with Gasteiger partial charge in [-0.3, -0.25) is 14.9 Å². The van der Waals surface area contributed by atoms with Gasteiger partial charge in [0.1, 0.15) is 19.0 Å². The Morgan fingerprint density at radius 3 is 2.17 bits per heavy atom. The molecular formula is C26H23FN2O6. The number of amides is 2. The number of halogens is 1. The molecule has 0 heterocycles. The number of hydrogen-bond donors (Lipinski definition) is 3. The highest BCUT2D eigenvalue weighted by molar-refractivity contribution is 5.97. The SMILES string of the molecule is O=C(O)CN(CCO)C(=O)c1ccc(NC(=O)OCC2c3ccccc3-c3ccccc32)cc1F. The van der Waals surface area contributed by atoms with Crippen LogP contribution in [0.2, 0.25) is 0 Å². The molecule has 180 valence electrons. The number of hydrogen-bond acceptors (Lipinski definition) is 5.